The van der Waals surface area contributed by atoms with Gasteiger partial charge in [0.1, 0.15) is 0 Å². The van der Waals surface area contributed by atoms with Gasteiger partial charge in [0.15, 0.2) is 0 Å². The molecule has 2 saturated heterocycles. The molecule has 2 aliphatic rings. The van der Waals surface area contributed by atoms with Crippen LogP contribution in [0.25, 0.3) is 0 Å². The Hall–Kier alpha value is -0.710. The van der Waals surface area contributed by atoms with Gasteiger partial charge >= 0.3 is 0 Å². The molecule has 0 aromatic heterocycles. The maximum Gasteiger partial charge on any atom is 0.243 e. The number of halogens is 1. The van der Waals surface area contributed by atoms with E-state index in [1.807, 2.05) is 0 Å². The van der Waals surface area contributed by atoms with Gasteiger partial charge < -0.3 is 5.32 Å². The van der Waals surface area contributed by atoms with E-state index in [0.717, 1.165) is 32.2 Å². The minimum absolute atomic E-state index is 0. The second kappa shape index (κ2) is 8.32. The largest absolute Gasteiger partial charge is 0.315 e. The standard InChI is InChI=1S/C15H23N3O4S2.ClH/c19-23(20,17-13-7-8-16-12-13)14-5-4-6-15(11-14)24(21,22)18-9-2-1-3-10-18;/h4-6,11,13,16-17H,1-3,7-10,12H2;1H. The first kappa shape index (κ1) is 20.6. The third-order valence-electron chi connectivity index (χ3n) is 4.45. The highest BCUT2D eigenvalue weighted by Gasteiger charge is 2.28. The zero-order valence-electron chi connectivity index (χ0n) is 13.8. The molecule has 1 atom stereocenters. The summed E-state index contributed by atoms with van der Waals surface area (Å²) in [6.07, 6.45) is 3.44. The SMILES string of the molecule is Cl.O=S(=O)(NC1CCNC1)c1cccc(S(=O)(=O)N2CCCCC2)c1. The predicted molar refractivity (Wildman–Crippen MR) is 97.9 cm³/mol. The number of sulfonamides is 2. The first-order chi connectivity index (χ1) is 11.4. The lowest BCUT2D eigenvalue weighted by molar-refractivity contribution is 0.346. The fourth-order valence-corrected chi connectivity index (χ4v) is 6.05. The minimum atomic E-state index is -3.73. The van der Waals surface area contributed by atoms with Crippen LogP contribution in [0.2, 0.25) is 0 Å². The van der Waals surface area contributed by atoms with Crippen LogP contribution in [0.1, 0.15) is 25.7 Å². The molecule has 2 aliphatic heterocycles. The molecule has 0 radical (unpaired) electrons. The quantitative estimate of drug-likeness (QED) is 0.754. The zero-order valence-corrected chi connectivity index (χ0v) is 16.3. The van der Waals surface area contributed by atoms with Crippen LogP contribution in [0.4, 0.5) is 0 Å². The summed E-state index contributed by atoms with van der Waals surface area (Å²) in [6, 6.07) is 5.48. The summed E-state index contributed by atoms with van der Waals surface area (Å²) in [5.41, 5.74) is 0. The maximum absolute atomic E-state index is 12.7. The van der Waals surface area contributed by atoms with Crippen LogP contribution in [0.15, 0.2) is 34.1 Å². The summed E-state index contributed by atoms with van der Waals surface area (Å²) >= 11 is 0. The zero-order chi connectivity index (χ0) is 17.2. The lowest BCUT2D eigenvalue weighted by Gasteiger charge is -2.26. The van der Waals surface area contributed by atoms with Crippen LogP contribution in [0.3, 0.4) is 0 Å². The Balaban J connectivity index is 0.00000225. The van der Waals surface area contributed by atoms with Crippen LogP contribution in [0, 0.1) is 0 Å². The molecule has 0 saturated carbocycles. The van der Waals surface area contributed by atoms with E-state index in [4.69, 9.17) is 0 Å². The van der Waals surface area contributed by atoms with Crippen molar-refractivity contribution in [2.24, 2.45) is 0 Å². The van der Waals surface area contributed by atoms with Crippen molar-refractivity contribution in [3.63, 3.8) is 0 Å². The topological polar surface area (TPSA) is 95.6 Å². The van der Waals surface area contributed by atoms with E-state index >= 15 is 0 Å². The number of benzene rings is 1. The van der Waals surface area contributed by atoms with Gasteiger partial charge in [-0.25, -0.2) is 21.6 Å². The van der Waals surface area contributed by atoms with E-state index in [1.165, 1.54) is 28.6 Å². The lowest BCUT2D eigenvalue weighted by Crippen LogP contribution is -2.37. The molecule has 1 aromatic carbocycles. The number of hydrogen-bond donors (Lipinski definition) is 2. The van der Waals surface area contributed by atoms with Crippen molar-refractivity contribution in [2.45, 2.75) is 41.5 Å². The summed E-state index contributed by atoms with van der Waals surface area (Å²) in [5.74, 6) is 0. The molecule has 2 heterocycles. The molecular weight excluding hydrogens is 386 g/mol. The Morgan fingerprint density at radius 3 is 2.36 bits per heavy atom. The van der Waals surface area contributed by atoms with Gasteiger partial charge in [-0.1, -0.05) is 12.5 Å². The van der Waals surface area contributed by atoms with Crippen molar-refractivity contribution in [3.8, 4) is 0 Å². The number of hydrogen-bond acceptors (Lipinski definition) is 5. The molecule has 0 aliphatic carbocycles. The monoisotopic (exact) mass is 409 g/mol. The van der Waals surface area contributed by atoms with Crippen molar-refractivity contribution in [1.29, 1.82) is 0 Å². The second-order valence-electron chi connectivity index (χ2n) is 6.25. The van der Waals surface area contributed by atoms with Gasteiger partial charge in [0.05, 0.1) is 9.79 Å². The number of nitrogens with zero attached hydrogens (tertiary/aromatic N) is 1. The number of rotatable bonds is 5. The van der Waals surface area contributed by atoms with Crippen molar-refractivity contribution in [3.05, 3.63) is 24.3 Å². The molecule has 1 unspecified atom stereocenters. The molecule has 7 nitrogen and oxygen atoms in total. The Morgan fingerprint density at radius 1 is 1.04 bits per heavy atom. The average Bonchev–Trinajstić information content (AvgIpc) is 3.08. The predicted octanol–water partition coefficient (Wildman–Crippen LogP) is 0.923. The molecule has 10 heteroatoms. The summed E-state index contributed by atoms with van der Waals surface area (Å²) in [4.78, 5) is 0.0318. The van der Waals surface area contributed by atoms with Crippen molar-refractivity contribution >= 4 is 32.5 Å². The van der Waals surface area contributed by atoms with Gasteiger partial charge in [-0.2, -0.15) is 4.31 Å². The maximum atomic E-state index is 12.7. The number of piperidine rings is 1. The highest BCUT2D eigenvalue weighted by Crippen LogP contribution is 2.23. The average molecular weight is 410 g/mol. The smallest absolute Gasteiger partial charge is 0.243 e. The summed E-state index contributed by atoms with van der Waals surface area (Å²) in [7, 11) is -7.37. The second-order valence-corrected chi connectivity index (χ2v) is 9.90. The summed E-state index contributed by atoms with van der Waals surface area (Å²) < 4.78 is 54.5. The molecule has 2 N–H and O–H groups in total. The van der Waals surface area contributed by atoms with Gasteiger partial charge in [-0.3, -0.25) is 0 Å². The molecule has 25 heavy (non-hydrogen) atoms. The molecular formula is C15H24ClN3O4S2. The third kappa shape index (κ3) is 4.72. The van der Waals surface area contributed by atoms with Crippen LogP contribution in [0.5, 0.6) is 0 Å². The van der Waals surface area contributed by atoms with Gasteiger partial charge in [-0.15, -0.1) is 12.4 Å². The van der Waals surface area contributed by atoms with Crippen LogP contribution in [-0.4, -0.2) is 53.4 Å². The summed E-state index contributed by atoms with van der Waals surface area (Å²) in [6.45, 7) is 2.35. The van der Waals surface area contributed by atoms with Gasteiger partial charge in [0.25, 0.3) is 0 Å². The molecule has 0 spiro atoms. The van der Waals surface area contributed by atoms with Gasteiger partial charge in [0, 0.05) is 25.7 Å². The molecule has 1 aromatic rings. The Morgan fingerprint density at radius 2 is 1.72 bits per heavy atom. The van der Waals surface area contributed by atoms with E-state index in [9.17, 15) is 16.8 Å². The molecule has 2 fully saturated rings. The van der Waals surface area contributed by atoms with E-state index in [0.29, 0.717) is 19.6 Å². The van der Waals surface area contributed by atoms with E-state index in [1.54, 1.807) is 0 Å². The lowest BCUT2D eigenvalue weighted by atomic mass is 10.2. The minimum Gasteiger partial charge on any atom is -0.315 e. The van der Waals surface area contributed by atoms with Crippen molar-refractivity contribution in [2.75, 3.05) is 26.2 Å². The summed E-state index contributed by atoms with van der Waals surface area (Å²) in [5, 5.41) is 3.10. The van der Waals surface area contributed by atoms with Crippen LogP contribution in [-0.2, 0) is 20.0 Å². The van der Waals surface area contributed by atoms with Crippen molar-refractivity contribution < 1.29 is 16.8 Å². The Bertz CT molecular complexity index is 787. The molecule has 142 valence electrons. The van der Waals surface area contributed by atoms with Crippen molar-refractivity contribution in [1.82, 2.24) is 14.3 Å². The molecule has 0 bridgehead atoms. The van der Waals surface area contributed by atoms with Crippen LogP contribution < -0.4 is 10.0 Å². The normalized spacial score (nSPS) is 22.5. The third-order valence-corrected chi connectivity index (χ3v) is 7.86. The van der Waals surface area contributed by atoms with Crippen LogP contribution >= 0.6 is 12.4 Å². The fraction of sp³-hybridized carbons (Fsp3) is 0.600. The van der Waals surface area contributed by atoms with Gasteiger partial charge in [-0.05, 0) is 44.0 Å². The molecule has 3 rings (SSSR count). The fourth-order valence-electron chi connectivity index (χ4n) is 3.10. The van der Waals surface area contributed by atoms with Gasteiger partial charge in [0.2, 0.25) is 20.0 Å². The first-order valence-electron chi connectivity index (χ1n) is 8.23. The number of nitrogens with one attached hydrogen (secondary N) is 2. The first-order valence-corrected chi connectivity index (χ1v) is 11.2. The molecule has 0 amide bonds. The highest BCUT2D eigenvalue weighted by atomic mass is 35.5. The van der Waals surface area contributed by atoms with E-state index < -0.39 is 20.0 Å². The Kier molecular flexibility index (Phi) is 6.86. The van der Waals surface area contributed by atoms with E-state index in [-0.39, 0.29) is 28.2 Å². The highest BCUT2D eigenvalue weighted by molar-refractivity contribution is 7.90. The Labute approximate surface area is 155 Å². The van der Waals surface area contributed by atoms with E-state index in [2.05, 4.69) is 10.0 Å².